The predicted molar refractivity (Wildman–Crippen MR) is 87.0 cm³/mol. The van der Waals surface area contributed by atoms with Gasteiger partial charge in [0, 0.05) is 18.0 Å². The molecule has 6 nitrogen and oxygen atoms in total. The van der Waals surface area contributed by atoms with E-state index in [1.807, 2.05) is 6.07 Å². The van der Waals surface area contributed by atoms with Gasteiger partial charge in [0.2, 0.25) is 0 Å². The Morgan fingerprint density at radius 2 is 1.92 bits per heavy atom. The van der Waals surface area contributed by atoms with Gasteiger partial charge in [-0.2, -0.15) is 18.4 Å². The van der Waals surface area contributed by atoms with Crippen LogP contribution in [0.3, 0.4) is 0 Å². The first kappa shape index (κ1) is 19.2. The number of halogens is 3. The number of hydrogen-bond acceptors (Lipinski definition) is 5. The average Bonchev–Trinajstić information content (AvgIpc) is 2.52. The molecule has 0 saturated heterocycles. The summed E-state index contributed by atoms with van der Waals surface area (Å²) in [6.45, 7) is 4.77. The molecule has 0 aliphatic rings. The summed E-state index contributed by atoms with van der Waals surface area (Å²) >= 11 is 0. The number of hydrogen-bond donors (Lipinski definition) is 1. The van der Waals surface area contributed by atoms with Crippen molar-refractivity contribution in [3.05, 3.63) is 41.9 Å². The van der Waals surface area contributed by atoms with Crippen LogP contribution in [0.4, 0.5) is 23.7 Å². The maximum absolute atomic E-state index is 13.4. The fourth-order valence-electron chi connectivity index (χ4n) is 1.99. The van der Waals surface area contributed by atoms with E-state index >= 15 is 0 Å². The number of nitrogens with zero attached hydrogens (tertiary/aromatic N) is 3. The van der Waals surface area contributed by atoms with Crippen LogP contribution in [-0.4, -0.2) is 21.7 Å². The molecule has 0 aliphatic heterocycles. The second-order valence-corrected chi connectivity index (χ2v) is 6.29. The minimum Gasteiger partial charge on any atom is -0.444 e. The van der Waals surface area contributed by atoms with E-state index in [0.717, 1.165) is 6.07 Å². The molecule has 2 aromatic rings. The van der Waals surface area contributed by atoms with Crippen LogP contribution in [-0.2, 0) is 10.9 Å². The van der Waals surface area contributed by atoms with Crippen LogP contribution < -0.4 is 5.32 Å². The molecular weight excluding hydrogens is 349 g/mol. The first-order valence-electron chi connectivity index (χ1n) is 7.43. The van der Waals surface area contributed by atoms with Gasteiger partial charge < -0.3 is 4.74 Å². The Bertz CT molecular complexity index is 868. The van der Waals surface area contributed by atoms with Gasteiger partial charge in [-0.3, -0.25) is 10.3 Å². The molecule has 2 aromatic heterocycles. The van der Waals surface area contributed by atoms with Crippen molar-refractivity contribution in [2.24, 2.45) is 0 Å². The van der Waals surface area contributed by atoms with Gasteiger partial charge in [0.1, 0.15) is 11.7 Å². The van der Waals surface area contributed by atoms with Crippen molar-refractivity contribution in [2.45, 2.75) is 32.5 Å². The zero-order valence-electron chi connectivity index (χ0n) is 14.2. The van der Waals surface area contributed by atoms with Crippen molar-refractivity contribution in [1.82, 2.24) is 9.97 Å². The first-order chi connectivity index (χ1) is 12.0. The van der Waals surface area contributed by atoms with E-state index < -0.39 is 29.3 Å². The Kier molecular flexibility index (Phi) is 5.16. The summed E-state index contributed by atoms with van der Waals surface area (Å²) in [4.78, 5) is 19.2. The molecular formula is C17H15F3N4O2. The summed E-state index contributed by atoms with van der Waals surface area (Å²) in [6.07, 6.45) is -3.25. The molecule has 0 spiro atoms. The average molecular weight is 364 g/mol. The lowest BCUT2D eigenvalue weighted by Crippen LogP contribution is -2.28. The Labute approximate surface area is 147 Å². The van der Waals surface area contributed by atoms with E-state index in [0.29, 0.717) is 0 Å². The zero-order chi connectivity index (χ0) is 19.5. The maximum atomic E-state index is 13.4. The molecule has 1 amide bonds. The number of rotatable bonds is 2. The number of carbonyl (C=O) groups excluding carboxylic acids is 1. The molecule has 2 heterocycles. The van der Waals surface area contributed by atoms with E-state index in [1.165, 1.54) is 24.5 Å². The molecule has 136 valence electrons. The maximum Gasteiger partial charge on any atom is 0.435 e. The van der Waals surface area contributed by atoms with Gasteiger partial charge in [0.05, 0.1) is 16.9 Å². The number of aromatic nitrogens is 2. The summed E-state index contributed by atoms with van der Waals surface area (Å²) in [5.41, 5.74) is -2.26. The second-order valence-electron chi connectivity index (χ2n) is 6.29. The second kappa shape index (κ2) is 7.00. The third-order valence-corrected chi connectivity index (χ3v) is 2.96. The largest absolute Gasteiger partial charge is 0.444 e. The number of nitrogens with one attached hydrogen (secondary N) is 1. The van der Waals surface area contributed by atoms with Crippen LogP contribution in [0.1, 0.15) is 32.0 Å². The molecule has 2 rings (SSSR count). The lowest BCUT2D eigenvalue weighted by Gasteiger charge is -2.20. The number of pyridine rings is 2. The molecule has 0 aromatic carbocycles. The summed E-state index contributed by atoms with van der Waals surface area (Å²) < 4.78 is 45.0. The number of nitriles is 1. The number of carbonyl (C=O) groups is 1. The number of ether oxygens (including phenoxy) is 1. The Morgan fingerprint density at radius 3 is 2.50 bits per heavy atom. The molecule has 1 N–H and O–H groups in total. The van der Waals surface area contributed by atoms with Crippen LogP contribution in [0, 0.1) is 11.3 Å². The zero-order valence-corrected chi connectivity index (χ0v) is 14.2. The minimum atomic E-state index is -4.80. The van der Waals surface area contributed by atoms with Crippen molar-refractivity contribution in [3.63, 3.8) is 0 Å². The number of anilines is 1. The molecule has 0 unspecified atom stereocenters. The van der Waals surface area contributed by atoms with Gasteiger partial charge in [-0.05, 0) is 39.0 Å². The van der Waals surface area contributed by atoms with Gasteiger partial charge >= 0.3 is 12.3 Å². The fourth-order valence-corrected chi connectivity index (χ4v) is 1.99. The third-order valence-electron chi connectivity index (χ3n) is 2.96. The van der Waals surface area contributed by atoms with E-state index in [2.05, 4.69) is 15.3 Å². The van der Waals surface area contributed by atoms with Gasteiger partial charge in [-0.25, -0.2) is 9.78 Å². The smallest absolute Gasteiger partial charge is 0.435 e. The molecule has 0 fully saturated rings. The topological polar surface area (TPSA) is 87.9 Å². The van der Waals surface area contributed by atoms with Crippen molar-refractivity contribution < 1.29 is 22.7 Å². The normalized spacial score (nSPS) is 11.6. The summed E-state index contributed by atoms with van der Waals surface area (Å²) in [5.74, 6) is 0. The summed E-state index contributed by atoms with van der Waals surface area (Å²) in [6, 6.07) is 5.60. The van der Waals surface area contributed by atoms with Gasteiger partial charge in [-0.1, -0.05) is 0 Å². The summed E-state index contributed by atoms with van der Waals surface area (Å²) in [7, 11) is 0. The van der Waals surface area contributed by atoms with Gasteiger partial charge in [0.15, 0.2) is 5.69 Å². The highest BCUT2D eigenvalue weighted by Gasteiger charge is 2.37. The third kappa shape index (κ3) is 4.92. The molecule has 9 heteroatoms. The van der Waals surface area contributed by atoms with E-state index in [4.69, 9.17) is 10.00 Å². The SMILES string of the molecule is CC(C)(C)OC(=O)Nc1ccc(-c2cncc(C#N)c2)nc1C(F)(F)F. The highest BCUT2D eigenvalue weighted by atomic mass is 19.4. The van der Waals surface area contributed by atoms with Crippen LogP contribution >= 0.6 is 0 Å². The molecule has 0 atom stereocenters. The molecule has 0 aliphatic carbocycles. The lowest BCUT2D eigenvalue weighted by atomic mass is 10.1. The molecule has 0 saturated carbocycles. The standard InChI is InChI=1S/C17H15F3N4O2/c1-16(2,3)26-15(25)24-13-5-4-12(23-14(13)17(18,19)20)11-6-10(7-21)8-22-9-11/h4-6,8-9H,1-3H3,(H,24,25). The summed E-state index contributed by atoms with van der Waals surface area (Å²) in [5, 5.41) is 10.9. The highest BCUT2D eigenvalue weighted by Crippen LogP contribution is 2.35. The Hall–Kier alpha value is -3.15. The van der Waals surface area contributed by atoms with Crippen molar-refractivity contribution >= 4 is 11.8 Å². The molecule has 26 heavy (non-hydrogen) atoms. The molecule has 0 radical (unpaired) electrons. The predicted octanol–water partition coefficient (Wildman–Crippen LogP) is 4.38. The van der Waals surface area contributed by atoms with Crippen LogP contribution in [0.2, 0.25) is 0 Å². The van der Waals surface area contributed by atoms with Crippen molar-refractivity contribution in [3.8, 4) is 17.3 Å². The van der Waals surface area contributed by atoms with E-state index in [9.17, 15) is 18.0 Å². The van der Waals surface area contributed by atoms with E-state index in [-0.39, 0.29) is 16.8 Å². The van der Waals surface area contributed by atoms with Crippen LogP contribution in [0.5, 0.6) is 0 Å². The monoisotopic (exact) mass is 364 g/mol. The van der Waals surface area contributed by atoms with Crippen LogP contribution in [0.25, 0.3) is 11.3 Å². The Morgan fingerprint density at radius 1 is 1.23 bits per heavy atom. The first-order valence-corrected chi connectivity index (χ1v) is 7.43. The lowest BCUT2D eigenvalue weighted by molar-refractivity contribution is -0.140. The van der Waals surface area contributed by atoms with Gasteiger partial charge in [0.25, 0.3) is 0 Å². The highest BCUT2D eigenvalue weighted by molar-refractivity contribution is 5.86. The van der Waals surface area contributed by atoms with Crippen molar-refractivity contribution in [1.29, 1.82) is 5.26 Å². The Balaban J connectivity index is 2.42. The minimum absolute atomic E-state index is 0.0309. The van der Waals surface area contributed by atoms with E-state index in [1.54, 1.807) is 20.8 Å². The quantitative estimate of drug-likeness (QED) is 0.854. The van der Waals surface area contributed by atoms with Gasteiger partial charge in [-0.15, -0.1) is 0 Å². The molecule has 0 bridgehead atoms. The number of alkyl halides is 3. The van der Waals surface area contributed by atoms with Crippen LogP contribution in [0.15, 0.2) is 30.6 Å². The fraction of sp³-hybridized carbons (Fsp3) is 0.294. The number of amides is 1. The van der Waals surface area contributed by atoms with Crippen molar-refractivity contribution in [2.75, 3.05) is 5.32 Å².